The smallest absolute Gasteiger partial charge is 0.394 e. The van der Waals surface area contributed by atoms with Gasteiger partial charge in [-0.1, -0.05) is 0 Å². The predicted molar refractivity (Wildman–Crippen MR) is 142 cm³/mol. The van der Waals surface area contributed by atoms with Gasteiger partial charge in [0.1, 0.15) is 36.6 Å². The maximum absolute atomic E-state index is 11.7. The van der Waals surface area contributed by atoms with Gasteiger partial charge in [0.15, 0.2) is 23.6 Å². The van der Waals surface area contributed by atoms with Crippen molar-refractivity contribution in [3.8, 4) is 0 Å². The number of ether oxygens (including phenoxy) is 2. The molecule has 5 heterocycles. The number of fused-ring (bicyclic) bond motifs is 1. The molecule has 3 aromatic rings. The first-order valence-corrected chi connectivity index (χ1v) is 15.4. The zero-order valence-corrected chi connectivity index (χ0v) is 24.1. The summed E-state index contributed by atoms with van der Waals surface area (Å²) in [4.78, 5) is 72.4. The van der Waals surface area contributed by atoms with Crippen LogP contribution in [0.3, 0.4) is 0 Å². The predicted octanol–water partition coefficient (Wildman–Crippen LogP) is -5.30. The van der Waals surface area contributed by atoms with E-state index >= 15 is 0 Å². The maximum atomic E-state index is 11.7. The number of aliphatic hydroxyl groups is 5. The van der Waals surface area contributed by atoms with Crippen LogP contribution in [0.25, 0.3) is 11.2 Å². The highest BCUT2D eigenvalue weighted by Crippen LogP contribution is 2.57. The van der Waals surface area contributed by atoms with Gasteiger partial charge in [0.2, 0.25) is 5.95 Å². The number of nitrogens with zero attached hydrogens (tertiary/aromatic N) is 4. The molecule has 2 saturated heterocycles. The van der Waals surface area contributed by atoms with Gasteiger partial charge in [-0.2, -0.15) is 9.29 Å². The maximum Gasteiger partial charge on any atom is 0.481 e. The Bertz CT molecular complexity index is 1790. The molecule has 0 aromatic carbocycles. The van der Waals surface area contributed by atoms with Crippen LogP contribution < -0.4 is 22.5 Å². The fraction of sp³-hybridized carbons (Fsp3) is 0.526. The zero-order valence-electron chi connectivity index (χ0n) is 22.3. The Hall–Kier alpha value is -3.19. The number of phosphoric ester groups is 1. The number of hydrogen-bond acceptors (Lipinski definition) is 17. The van der Waals surface area contributed by atoms with Crippen LogP contribution in [-0.2, 0) is 27.4 Å². The minimum atomic E-state index is -5.32. The van der Waals surface area contributed by atoms with Crippen molar-refractivity contribution in [1.82, 2.24) is 29.1 Å². The Morgan fingerprint density at radius 3 is 2.11 bits per heavy atom. The number of aliphatic hydroxyl groups excluding tert-OH is 5. The Balaban J connectivity index is 0.000000209. The minimum absolute atomic E-state index is 0.0388. The van der Waals surface area contributed by atoms with Crippen LogP contribution in [0.1, 0.15) is 12.5 Å². The molecule has 1 unspecified atom stereocenters. The second-order valence-corrected chi connectivity index (χ2v) is 12.2. The summed E-state index contributed by atoms with van der Waals surface area (Å²) in [6.45, 7) is -1.35. The second kappa shape index (κ2) is 13.3. The van der Waals surface area contributed by atoms with Crippen molar-refractivity contribution < 1.29 is 67.7 Å². The van der Waals surface area contributed by atoms with Crippen molar-refractivity contribution in [2.75, 3.05) is 18.9 Å². The van der Waals surface area contributed by atoms with Crippen molar-refractivity contribution in [3.05, 3.63) is 49.8 Å². The summed E-state index contributed by atoms with van der Waals surface area (Å²) in [5.41, 5.74) is 3.47. The quantitative estimate of drug-likeness (QED) is 0.0985. The normalized spacial score (nSPS) is 29.8. The number of aromatic amines is 2. The Morgan fingerprint density at radius 2 is 1.53 bits per heavy atom. The molecule has 26 heteroatoms. The van der Waals surface area contributed by atoms with E-state index in [1.165, 1.54) is 10.9 Å². The van der Waals surface area contributed by atoms with Gasteiger partial charge < -0.3 is 55.4 Å². The van der Waals surface area contributed by atoms with Gasteiger partial charge in [-0.3, -0.25) is 33.2 Å². The first kappa shape index (κ1) is 34.7. The van der Waals surface area contributed by atoms with Crippen LogP contribution in [0.5, 0.6) is 0 Å². The Morgan fingerprint density at radius 1 is 0.933 bits per heavy atom. The molecule has 45 heavy (non-hydrogen) atoms. The number of rotatable bonds is 8. The van der Waals surface area contributed by atoms with Gasteiger partial charge >= 0.3 is 21.3 Å². The molecule has 5 rings (SSSR count). The second-order valence-electron chi connectivity index (χ2n) is 9.40. The first-order chi connectivity index (χ1) is 20.9. The largest absolute Gasteiger partial charge is 0.481 e. The number of anilines is 1. The van der Waals surface area contributed by atoms with E-state index in [9.17, 15) is 43.9 Å². The number of hydrogen-bond donors (Lipinski definition) is 11. The van der Waals surface area contributed by atoms with E-state index in [1.807, 2.05) is 4.98 Å². The molecule has 9 atom stereocenters. The highest BCUT2D eigenvalue weighted by Gasteiger charge is 2.46. The molecule has 12 N–H and O–H groups in total. The number of imidazole rings is 1. The average Bonchev–Trinajstić information content (AvgIpc) is 3.56. The van der Waals surface area contributed by atoms with E-state index in [-0.39, 0.29) is 17.1 Å². The molecular formula is C19H27N7O17P2. The standard InChI is InChI=1S/C10H13N5O5.C9H14N2O12P2/c11-10-13-7-4(8(19)14-10)12-2-15(7)9-6(18)5(17)3(1-16)20-9;12-5-1-2-11(9(15)10-5)8-7(14)6(13)4(22-8)3-21-25(19,20)23-24(16,17)18/h2-3,5-6,9,16-18H,1H2,(H3,11,13,14,19);1-2,4,6-8,13-14H,3H2,(H,19,20)(H,10,12,15)(H2,16,17,18)/t3-,5-,6-,9-;4-,6-,7-,8-/m11/s1. The summed E-state index contributed by atoms with van der Waals surface area (Å²) in [7, 11) is -10.5. The van der Waals surface area contributed by atoms with Crippen molar-refractivity contribution in [2.24, 2.45) is 0 Å². The van der Waals surface area contributed by atoms with Crippen LogP contribution in [0.2, 0.25) is 0 Å². The number of aromatic nitrogens is 6. The van der Waals surface area contributed by atoms with Gasteiger partial charge in [-0.05, 0) is 0 Å². The van der Waals surface area contributed by atoms with Crippen LogP contribution in [0.15, 0.2) is 33.0 Å². The molecule has 2 aliphatic heterocycles. The van der Waals surface area contributed by atoms with E-state index in [2.05, 4.69) is 23.8 Å². The van der Waals surface area contributed by atoms with Crippen molar-refractivity contribution in [1.29, 1.82) is 0 Å². The summed E-state index contributed by atoms with van der Waals surface area (Å²) in [6, 6.07) is 0.962. The Labute approximate surface area is 247 Å². The summed E-state index contributed by atoms with van der Waals surface area (Å²) >= 11 is 0. The van der Waals surface area contributed by atoms with Gasteiger partial charge in [0.05, 0.1) is 19.5 Å². The number of nitrogens with one attached hydrogen (secondary N) is 2. The first-order valence-electron chi connectivity index (χ1n) is 12.3. The molecule has 250 valence electrons. The van der Waals surface area contributed by atoms with Gasteiger partial charge in [0.25, 0.3) is 11.1 Å². The van der Waals surface area contributed by atoms with Crippen molar-refractivity contribution in [2.45, 2.75) is 49.1 Å². The number of H-pyrrole nitrogens is 2. The summed E-state index contributed by atoms with van der Waals surface area (Å²) in [6.07, 6.45) is -8.46. The van der Waals surface area contributed by atoms with Crippen LogP contribution in [0, 0.1) is 0 Å². The molecule has 0 aliphatic carbocycles. The van der Waals surface area contributed by atoms with Crippen molar-refractivity contribution >= 4 is 32.8 Å². The summed E-state index contributed by atoms with van der Waals surface area (Å²) in [5.74, 6) is -0.101. The van der Waals surface area contributed by atoms with Crippen LogP contribution in [-0.4, -0.2) is 119 Å². The average molecular weight is 687 g/mol. The lowest BCUT2D eigenvalue weighted by atomic mass is 10.1. The van der Waals surface area contributed by atoms with E-state index < -0.39 is 94.7 Å². The molecule has 24 nitrogen and oxygen atoms in total. The lowest BCUT2D eigenvalue weighted by Gasteiger charge is -2.17. The molecule has 2 fully saturated rings. The number of phosphoric acid groups is 2. The van der Waals surface area contributed by atoms with E-state index in [4.69, 9.17) is 35.0 Å². The topological polar surface area (TPSA) is 377 Å². The third-order valence-electron chi connectivity index (χ3n) is 6.32. The van der Waals surface area contributed by atoms with Gasteiger partial charge in [-0.25, -0.2) is 18.9 Å². The number of nitrogen functional groups attached to an aromatic ring is 1. The van der Waals surface area contributed by atoms with Crippen LogP contribution in [0.4, 0.5) is 5.95 Å². The molecule has 0 amide bonds. The lowest BCUT2D eigenvalue weighted by Crippen LogP contribution is -2.37. The van der Waals surface area contributed by atoms with Gasteiger partial charge in [0, 0.05) is 12.3 Å². The van der Waals surface area contributed by atoms with E-state index in [1.54, 1.807) is 0 Å². The van der Waals surface area contributed by atoms with Gasteiger partial charge in [-0.15, -0.1) is 0 Å². The molecule has 0 radical (unpaired) electrons. The molecule has 0 spiro atoms. The number of nitrogens with two attached hydrogens (primary N) is 1. The van der Waals surface area contributed by atoms with Crippen molar-refractivity contribution in [3.63, 3.8) is 0 Å². The lowest BCUT2D eigenvalue weighted by molar-refractivity contribution is -0.0542. The minimum Gasteiger partial charge on any atom is -0.394 e. The molecule has 0 bridgehead atoms. The SMILES string of the molecule is Nc1nc2c(ncn2[C@@H]2O[C@H](CO)[C@@H](O)[C@H]2O)c(=O)[nH]1.O=c1ccn([C@@H]2O[C@H](COP(=O)(O)OP(=O)(O)O)[C@@H](O)[C@H]2O)c(=O)[nH]1. The fourth-order valence-corrected chi connectivity index (χ4v) is 5.89. The Kier molecular flexibility index (Phi) is 10.2. The molecular weight excluding hydrogens is 660 g/mol. The van der Waals surface area contributed by atoms with E-state index in [0.717, 1.165) is 16.8 Å². The summed E-state index contributed by atoms with van der Waals surface area (Å²) in [5, 5.41) is 48.5. The molecule has 0 saturated carbocycles. The highest BCUT2D eigenvalue weighted by molar-refractivity contribution is 7.60. The fourth-order valence-electron chi connectivity index (χ4n) is 4.29. The monoisotopic (exact) mass is 687 g/mol. The third-order valence-corrected chi connectivity index (χ3v) is 8.47. The molecule has 3 aromatic heterocycles. The zero-order chi connectivity index (χ0) is 33.4. The summed E-state index contributed by atoms with van der Waals surface area (Å²) < 4.78 is 42.3. The van der Waals surface area contributed by atoms with E-state index in [0.29, 0.717) is 0 Å². The van der Waals surface area contributed by atoms with Crippen LogP contribution >= 0.6 is 15.6 Å². The third kappa shape index (κ3) is 7.79. The highest BCUT2D eigenvalue weighted by atomic mass is 31.3. The molecule has 2 aliphatic rings.